The predicted molar refractivity (Wildman–Crippen MR) is 161 cm³/mol. The number of para-hydroxylation sites is 2. The van der Waals surface area contributed by atoms with Crippen molar-refractivity contribution in [3.63, 3.8) is 0 Å². The van der Waals surface area contributed by atoms with Crippen molar-refractivity contribution < 1.29 is 4.79 Å². The molecule has 9 heteroatoms. The maximum atomic E-state index is 13.3. The minimum Gasteiger partial charge on any atom is -0.284 e. The fourth-order valence-corrected chi connectivity index (χ4v) is 5.40. The van der Waals surface area contributed by atoms with Crippen molar-refractivity contribution in [1.29, 1.82) is 0 Å². The van der Waals surface area contributed by atoms with Gasteiger partial charge >= 0.3 is 0 Å². The van der Waals surface area contributed by atoms with Crippen LogP contribution in [0.2, 0.25) is 10.0 Å². The van der Waals surface area contributed by atoms with Gasteiger partial charge in [-0.05, 0) is 60.2 Å². The fourth-order valence-electron chi connectivity index (χ4n) is 4.28. The summed E-state index contributed by atoms with van der Waals surface area (Å²) in [5.41, 5.74) is 8.24. The first kappa shape index (κ1) is 25.8. The Kier molecular flexibility index (Phi) is 7.33. The Hall–Kier alpha value is -4.43. The summed E-state index contributed by atoms with van der Waals surface area (Å²) in [6, 6.07) is 36.3. The highest BCUT2D eigenvalue weighted by Gasteiger charge is 2.17. The van der Waals surface area contributed by atoms with Crippen LogP contribution in [0.3, 0.4) is 0 Å². The largest absolute Gasteiger partial charge is 0.291 e. The van der Waals surface area contributed by atoms with Gasteiger partial charge in [0.1, 0.15) is 0 Å². The number of amides is 1. The van der Waals surface area contributed by atoms with E-state index in [1.54, 1.807) is 10.7 Å². The first-order chi connectivity index (χ1) is 19.6. The second-order valence-electron chi connectivity index (χ2n) is 8.80. The normalized spacial score (nSPS) is 11.5. The van der Waals surface area contributed by atoms with Crippen LogP contribution < -0.4 is 10.2 Å². The highest BCUT2D eigenvalue weighted by molar-refractivity contribution is 7.07. The summed E-state index contributed by atoms with van der Waals surface area (Å²) in [7, 11) is 0. The van der Waals surface area contributed by atoms with Crippen molar-refractivity contribution in [3.05, 3.63) is 141 Å². The lowest BCUT2D eigenvalue weighted by atomic mass is 10.1. The Balaban J connectivity index is 1.38. The molecule has 0 spiro atoms. The fraction of sp³-hybridized carbons (Fsp3) is 0. The molecule has 0 aliphatic rings. The van der Waals surface area contributed by atoms with E-state index in [-0.39, 0.29) is 5.69 Å². The molecule has 1 N–H and O–H groups in total. The van der Waals surface area contributed by atoms with Gasteiger partial charge in [0, 0.05) is 26.7 Å². The van der Waals surface area contributed by atoms with Crippen molar-refractivity contribution in [2.45, 2.75) is 0 Å². The molecule has 0 radical (unpaired) electrons. The second-order valence-corrected chi connectivity index (χ2v) is 10.5. The van der Waals surface area contributed by atoms with Gasteiger partial charge in [-0.2, -0.15) is 5.10 Å². The molecule has 6 rings (SSSR count). The van der Waals surface area contributed by atoms with Gasteiger partial charge in [-0.15, -0.1) is 16.4 Å². The van der Waals surface area contributed by atoms with Crippen LogP contribution in [0.1, 0.15) is 10.5 Å². The van der Waals surface area contributed by atoms with E-state index in [1.165, 1.54) is 11.3 Å². The van der Waals surface area contributed by atoms with Gasteiger partial charge in [0.25, 0.3) is 5.91 Å². The molecule has 0 saturated heterocycles. The van der Waals surface area contributed by atoms with E-state index in [1.807, 2.05) is 119 Å². The summed E-state index contributed by atoms with van der Waals surface area (Å²) < 4.78 is 3.74. The molecule has 0 aliphatic carbocycles. The lowest BCUT2D eigenvalue weighted by molar-refractivity contribution is 0.0947. The third-order valence-electron chi connectivity index (χ3n) is 6.20. The molecule has 2 aromatic heterocycles. The molecule has 6 aromatic rings. The number of rotatable bonds is 6. The topological polar surface area (TPSA) is 64.2 Å². The SMILES string of the molecule is O=C(N/N=c1\scc(-c2ccc(Cl)cc2)n1-c1ccccc1)c1cc(-c2ccc(Cl)cc2)n(-c2ccccc2)n1. The molecular formula is C31H21Cl2N5OS. The zero-order valence-electron chi connectivity index (χ0n) is 20.9. The van der Waals surface area contributed by atoms with Gasteiger partial charge in [0.2, 0.25) is 4.80 Å². The van der Waals surface area contributed by atoms with E-state index in [0.717, 1.165) is 33.9 Å². The number of carbonyl (C=O) groups excluding carboxylic acids is 1. The van der Waals surface area contributed by atoms with Gasteiger partial charge in [0.15, 0.2) is 5.69 Å². The molecule has 2 heterocycles. The Morgan fingerprint density at radius 1 is 0.725 bits per heavy atom. The number of aromatic nitrogens is 3. The first-order valence-electron chi connectivity index (χ1n) is 12.3. The molecule has 0 saturated carbocycles. The number of thiazole rings is 1. The van der Waals surface area contributed by atoms with Crippen molar-refractivity contribution in [2.24, 2.45) is 5.10 Å². The summed E-state index contributed by atoms with van der Waals surface area (Å²) in [5, 5.41) is 12.4. The molecule has 0 fully saturated rings. The van der Waals surface area contributed by atoms with Crippen LogP contribution in [0, 0.1) is 0 Å². The summed E-state index contributed by atoms with van der Waals surface area (Å²) >= 11 is 13.6. The summed E-state index contributed by atoms with van der Waals surface area (Å²) in [6.07, 6.45) is 0. The van der Waals surface area contributed by atoms with E-state index in [4.69, 9.17) is 23.2 Å². The number of halogens is 2. The molecule has 0 bridgehead atoms. The quantitative estimate of drug-likeness (QED) is 0.206. The number of carbonyl (C=O) groups is 1. The van der Waals surface area contributed by atoms with E-state index in [9.17, 15) is 4.79 Å². The van der Waals surface area contributed by atoms with E-state index < -0.39 is 5.91 Å². The Morgan fingerprint density at radius 2 is 1.27 bits per heavy atom. The molecule has 4 aromatic carbocycles. The summed E-state index contributed by atoms with van der Waals surface area (Å²) in [6.45, 7) is 0. The highest BCUT2D eigenvalue weighted by Crippen LogP contribution is 2.27. The second kappa shape index (κ2) is 11.4. The van der Waals surface area contributed by atoms with E-state index in [2.05, 4.69) is 15.6 Å². The van der Waals surface area contributed by atoms with Gasteiger partial charge in [-0.25, -0.2) is 10.1 Å². The van der Waals surface area contributed by atoms with E-state index >= 15 is 0 Å². The van der Waals surface area contributed by atoms with Crippen molar-refractivity contribution in [2.75, 3.05) is 0 Å². The van der Waals surface area contributed by atoms with Gasteiger partial charge in [-0.1, -0.05) is 83.9 Å². The zero-order valence-corrected chi connectivity index (χ0v) is 23.2. The number of nitrogens with zero attached hydrogens (tertiary/aromatic N) is 4. The zero-order chi connectivity index (χ0) is 27.5. The third-order valence-corrected chi connectivity index (χ3v) is 7.53. The van der Waals surface area contributed by atoms with Gasteiger partial charge < -0.3 is 0 Å². The lowest BCUT2D eigenvalue weighted by Gasteiger charge is -2.09. The van der Waals surface area contributed by atoms with Crippen LogP contribution in [-0.2, 0) is 0 Å². The van der Waals surface area contributed by atoms with Crippen LogP contribution in [0.25, 0.3) is 33.9 Å². The van der Waals surface area contributed by atoms with Crippen LogP contribution in [0.15, 0.2) is 126 Å². The molecule has 0 aliphatic heterocycles. The minimum atomic E-state index is -0.425. The number of hydrogen-bond donors (Lipinski definition) is 1. The Labute approximate surface area is 244 Å². The van der Waals surface area contributed by atoms with Crippen molar-refractivity contribution in [3.8, 4) is 33.9 Å². The van der Waals surface area contributed by atoms with Crippen LogP contribution >= 0.6 is 34.5 Å². The maximum Gasteiger partial charge on any atom is 0.291 e. The average molecular weight is 583 g/mol. The van der Waals surface area contributed by atoms with Crippen molar-refractivity contribution >= 4 is 40.4 Å². The minimum absolute atomic E-state index is 0.235. The lowest BCUT2D eigenvalue weighted by Crippen LogP contribution is -2.24. The maximum absolute atomic E-state index is 13.3. The molecule has 196 valence electrons. The molecule has 0 atom stereocenters. The smallest absolute Gasteiger partial charge is 0.284 e. The summed E-state index contributed by atoms with van der Waals surface area (Å²) in [5.74, 6) is -0.425. The number of benzene rings is 4. The molecule has 0 unspecified atom stereocenters. The van der Waals surface area contributed by atoms with Crippen LogP contribution in [0.5, 0.6) is 0 Å². The predicted octanol–water partition coefficient (Wildman–Crippen LogP) is 7.61. The number of hydrogen-bond acceptors (Lipinski definition) is 4. The summed E-state index contributed by atoms with van der Waals surface area (Å²) in [4.78, 5) is 13.9. The van der Waals surface area contributed by atoms with Crippen LogP contribution in [-0.4, -0.2) is 20.3 Å². The standard InChI is InChI=1S/C31H21Cl2N5OS/c32-23-15-11-21(12-16-23)28-19-27(36-38(28)26-9-5-2-6-10-26)30(39)34-35-31-37(25-7-3-1-4-8-25)29(20-40-31)22-13-17-24(33)18-14-22/h1-20H,(H,34,39)/b35-31-. The first-order valence-corrected chi connectivity index (χ1v) is 14.0. The number of nitrogens with one attached hydrogen (secondary N) is 1. The Morgan fingerprint density at radius 3 is 1.88 bits per heavy atom. The third kappa shape index (κ3) is 5.35. The molecule has 1 amide bonds. The Bertz CT molecular complexity index is 1840. The monoisotopic (exact) mass is 581 g/mol. The molecular weight excluding hydrogens is 561 g/mol. The van der Waals surface area contributed by atoms with E-state index in [0.29, 0.717) is 14.8 Å². The average Bonchev–Trinajstić information content (AvgIpc) is 3.63. The molecule has 6 nitrogen and oxygen atoms in total. The molecule has 40 heavy (non-hydrogen) atoms. The van der Waals surface area contributed by atoms with Gasteiger partial charge in [-0.3, -0.25) is 9.36 Å². The van der Waals surface area contributed by atoms with Crippen LogP contribution in [0.4, 0.5) is 0 Å². The van der Waals surface area contributed by atoms with Gasteiger partial charge in [0.05, 0.1) is 17.1 Å². The highest BCUT2D eigenvalue weighted by atomic mass is 35.5. The van der Waals surface area contributed by atoms with Crippen molar-refractivity contribution in [1.82, 2.24) is 19.8 Å².